The maximum Gasteiger partial charge on any atom is 0.311 e. The van der Waals surface area contributed by atoms with Gasteiger partial charge in [0.05, 0.1) is 11.9 Å². The van der Waals surface area contributed by atoms with E-state index < -0.39 is 5.97 Å². The van der Waals surface area contributed by atoms with Crippen LogP contribution in [0.2, 0.25) is 0 Å². The van der Waals surface area contributed by atoms with Gasteiger partial charge in [-0.05, 0) is 12.8 Å². The van der Waals surface area contributed by atoms with E-state index in [9.17, 15) is 4.79 Å². The Bertz CT molecular complexity index is 377. The van der Waals surface area contributed by atoms with E-state index in [1.807, 2.05) is 0 Å². The fraction of sp³-hybridized carbons (Fsp3) is 0.600. The highest BCUT2D eigenvalue weighted by molar-refractivity contribution is 5.68. The van der Waals surface area contributed by atoms with Crippen LogP contribution in [0.4, 0.5) is 0 Å². The summed E-state index contributed by atoms with van der Waals surface area (Å²) in [4.78, 5) is 14.8. The zero-order valence-electron chi connectivity index (χ0n) is 8.80. The molecule has 1 aromatic heterocycles. The Morgan fingerprint density at radius 1 is 1.50 bits per heavy atom. The fourth-order valence-electron chi connectivity index (χ4n) is 1.76. The molecule has 6 nitrogen and oxygen atoms in total. The third kappa shape index (κ3) is 2.73. The fourth-order valence-corrected chi connectivity index (χ4v) is 1.76. The summed E-state index contributed by atoms with van der Waals surface area (Å²) >= 11 is 0. The van der Waals surface area contributed by atoms with Crippen LogP contribution in [0.3, 0.4) is 0 Å². The van der Waals surface area contributed by atoms with Crippen molar-refractivity contribution in [3.63, 3.8) is 0 Å². The maximum absolute atomic E-state index is 10.5. The molecule has 0 atom stereocenters. The first-order chi connectivity index (χ1) is 7.75. The Balaban J connectivity index is 2.11. The highest BCUT2D eigenvalue weighted by atomic mass is 16.5. The number of hydrogen-bond acceptors (Lipinski definition) is 5. The van der Waals surface area contributed by atoms with Crippen molar-refractivity contribution in [3.8, 4) is 0 Å². The van der Waals surface area contributed by atoms with Gasteiger partial charge < -0.3 is 9.84 Å². The van der Waals surface area contributed by atoms with Crippen LogP contribution in [0.15, 0.2) is 6.20 Å². The molecule has 1 fully saturated rings. The summed E-state index contributed by atoms with van der Waals surface area (Å²) in [5.74, 6) is -0.348. The van der Waals surface area contributed by atoms with Crippen molar-refractivity contribution in [2.24, 2.45) is 0 Å². The molecule has 0 spiro atoms. The Labute approximate surface area is 92.7 Å². The van der Waals surface area contributed by atoms with Crippen molar-refractivity contribution in [1.82, 2.24) is 15.2 Å². The molecule has 16 heavy (non-hydrogen) atoms. The van der Waals surface area contributed by atoms with E-state index in [1.54, 1.807) is 6.20 Å². The van der Waals surface area contributed by atoms with Crippen LogP contribution in [0.5, 0.6) is 0 Å². The number of carboxylic acid groups (broad SMARTS) is 1. The molecule has 86 valence electrons. The van der Waals surface area contributed by atoms with Gasteiger partial charge in [0, 0.05) is 19.1 Å². The lowest BCUT2D eigenvalue weighted by atomic mass is 9.97. The van der Waals surface area contributed by atoms with Crippen molar-refractivity contribution >= 4 is 5.97 Å². The van der Waals surface area contributed by atoms with Crippen LogP contribution in [-0.4, -0.2) is 39.5 Å². The number of nitrogens with zero attached hydrogens (tertiary/aromatic N) is 3. The predicted octanol–water partition coefficient (Wildman–Crippen LogP) is 0.393. The van der Waals surface area contributed by atoms with Crippen LogP contribution in [-0.2, 0) is 16.0 Å². The summed E-state index contributed by atoms with van der Waals surface area (Å²) in [6, 6.07) is 0. The number of aliphatic carboxylic acids is 1. The largest absolute Gasteiger partial charge is 0.481 e. The van der Waals surface area contributed by atoms with Gasteiger partial charge in [0.15, 0.2) is 5.82 Å². The molecule has 1 N–H and O–H groups in total. The summed E-state index contributed by atoms with van der Waals surface area (Å²) in [5, 5.41) is 16.1. The standard InChI is InChI=1S/C10H13N3O3/c14-10(15)5-9-12-8(6-11-13-9)7-1-3-16-4-2-7/h6-7H,1-5H2,(H,14,15). The molecular weight excluding hydrogens is 210 g/mol. The van der Waals surface area contributed by atoms with Crippen molar-refractivity contribution in [3.05, 3.63) is 17.7 Å². The zero-order chi connectivity index (χ0) is 11.4. The second kappa shape index (κ2) is 4.98. The van der Waals surface area contributed by atoms with Crippen LogP contribution < -0.4 is 0 Å². The smallest absolute Gasteiger partial charge is 0.311 e. The first kappa shape index (κ1) is 10.9. The highest BCUT2D eigenvalue weighted by Crippen LogP contribution is 2.24. The molecule has 1 aromatic rings. The highest BCUT2D eigenvalue weighted by Gasteiger charge is 2.18. The second-order valence-electron chi connectivity index (χ2n) is 3.75. The third-order valence-corrected chi connectivity index (χ3v) is 2.57. The van der Waals surface area contributed by atoms with Gasteiger partial charge in [-0.2, -0.15) is 5.10 Å². The van der Waals surface area contributed by atoms with Crippen molar-refractivity contribution in [1.29, 1.82) is 0 Å². The topological polar surface area (TPSA) is 85.2 Å². The molecule has 0 unspecified atom stereocenters. The third-order valence-electron chi connectivity index (χ3n) is 2.57. The van der Waals surface area contributed by atoms with Crippen molar-refractivity contribution < 1.29 is 14.6 Å². The molecule has 2 rings (SSSR count). The molecular formula is C10H13N3O3. The number of carboxylic acids is 1. The minimum absolute atomic E-state index is 0.177. The zero-order valence-corrected chi connectivity index (χ0v) is 8.80. The van der Waals surface area contributed by atoms with Crippen molar-refractivity contribution in [2.75, 3.05) is 13.2 Å². The normalized spacial score (nSPS) is 17.2. The van der Waals surface area contributed by atoms with Crippen LogP contribution in [0.1, 0.15) is 30.3 Å². The molecule has 0 bridgehead atoms. The Hall–Kier alpha value is -1.56. The predicted molar refractivity (Wildman–Crippen MR) is 54.0 cm³/mol. The van der Waals surface area contributed by atoms with Gasteiger partial charge in [-0.25, -0.2) is 4.98 Å². The van der Waals surface area contributed by atoms with E-state index in [1.165, 1.54) is 0 Å². The molecule has 1 saturated heterocycles. The minimum atomic E-state index is -0.939. The van der Waals surface area contributed by atoms with Crippen molar-refractivity contribution in [2.45, 2.75) is 25.2 Å². The van der Waals surface area contributed by atoms with E-state index in [0.29, 0.717) is 5.92 Å². The van der Waals surface area contributed by atoms with Gasteiger partial charge >= 0.3 is 5.97 Å². The first-order valence-corrected chi connectivity index (χ1v) is 5.24. The summed E-state index contributed by atoms with van der Waals surface area (Å²) in [6.45, 7) is 1.45. The lowest BCUT2D eigenvalue weighted by Gasteiger charge is -2.21. The van der Waals surface area contributed by atoms with E-state index in [2.05, 4.69) is 15.2 Å². The lowest BCUT2D eigenvalue weighted by Crippen LogP contribution is -2.17. The maximum atomic E-state index is 10.5. The van der Waals surface area contributed by atoms with Crippen LogP contribution in [0.25, 0.3) is 0 Å². The quantitative estimate of drug-likeness (QED) is 0.798. The monoisotopic (exact) mass is 223 g/mol. The number of rotatable bonds is 3. The van der Waals surface area contributed by atoms with Gasteiger partial charge in [0.25, 0.3) is 0 Å². The summed E-state index contributed by atoms with van der Waals surface area (Å²) in [7, 11) is 0. The molecule has 2 heterocycles. The summed E-state index contributed by atoms with van der Waals surface area (Å²) < 4.78 is 5.26. The molecule has 0 amide bonds. The van der Waals surface area contributed by atoms with Gasteiger partial charge in [0.1, 0.15) is 6.42 Å². The van der Waals surface area contributed by atoms with Gasteiger partial charge in [0.2, 0.25) is 0 Å². The van der Waals surface area contributed by atoms with E-state index in [4.69, 9.17) is 9.84 Å². The average molecular weight is 223 g/mol. The van der Waals surface area contributed by atoms with Gasteiger partial charge in [-0.1, -0.05) is 0 Å². The van der Waals surface area contributed by atoms with Gasteiger partial charge in [-0.3, -0.25) is 4.79 Å². The average Bonchev–Trinajstić information content (AvgIpc) is 2.30. The Kier molecular flexibility index (Phi) is 3.40. The van der Waals surface area contributed by atoms with Crippen LogP contribution >= 0.6 is 0 Å². The molecule has 0 aromatic carbocycles. The molecule has 0 radical (unpaired) electrons. The summed E-state index contributed by atoms with van der Waals surface area (Å²) in [6.07, 6.45) is 3.25. The molecule has 1 aliphatic heterocycles. The number of hydrogen-bond donors (Lipinski definition) is 1. The molecule has 0 aliphatic carbocycles. The molecule has 1 aliphatic rings. The van der Waals surface area contributed by atoms with E-state index >= 15 is 0 Å². The molecule has 6 heteroatoms. The number of ether oxygens (including phenoxy) is 1. The van der Waals surface area contributed by atoms with Crippen LogP contribution in [0, 0.1) is 0 Å². The minimum Gasteiger partial charge on any atom is -0.481 e. The van der Waals surface area contributed by atoms with E-state index in [0.717, 1.165) is 31.7 Å². The summed E-state index contributed by atoms with van der Waals surface area (Å²) in [5.41, 5.74) is 0.828. The second-order valence-corrected chi connectivity index (χ2v) is 3.75. The number of carbonyl (C=O) groups is 1. The lowest BCUT2D eigenvalue weighted by molar-refractivity contribution is -0.136. The Morgan fingerprint density at radius 2 is 2.25 bits per heavy atom. The first-order valence-electron chi connectivity index (χ1n) is 5.24. The number of aromatic nitrogens is 3. The van der Waals surface area contributed by atoms with E-state index in [-0.39, 0.29) is 12.2 Å². The Morgan fingerprint density at radius 3 is 2.94 bits per heavy atom. The molecule has 0 saturated carbocycles. The SMILES string of the molecule is O=C(O)Cc1nncc(C2CCOCC2)n1. The van der Waals surface area contributed by atoms with Gasteiger partial charge in [-0.15, -0.1) is 5.10 Å².